The van der Waals surface area contributed by atoms with E-state index in [2.05, 4.69) is 30.4 Å². The zero-order chi connectivity index (χ0) is 25.9. The van der Waals surface area contributed by atoms with Crippen molar-refractivity contribution in [3.63, 3.8) is 0 Å². The number of amides is 1. The molecule has 0 radical (unpaired) electrons. The molecular formula is C28H30Cl2N2O3S. The average molecular weight is 546 g/mol. The Morgan fingerprint density at radius 1 is 0.972 bits per heavy atom. The predicted molar refractivity (Wildman–Crippen MR) is 148 cm³/mol. The van der Waals surface area contributed by atoms with Gasteiger partial charge in [0.15, 0.2) is 0 Å². The van der Waals surface area contributed by atoms with E-state index in [1.807, 2.05) is 0 Å². The van der Waals surface area contributed by atoms with Crippen molar-refractivity contribution in [1.29, 1.82) is 0 Å². The van der Waals surface area contributed by atoms with E-state index in [1.165, 1.54) is 28.3 Å². The van der Waals surface area contributed by atoms with E-state index in [4.69, 9.17) is 23.2 Å². The van der Waals surface area contributed by atoms with Crippen molar-refractivity contribution in [1.82, 2.24) is 5.32 Å². The fourth-order valence-corrected chi connectivity index (χ4v) is 6.02. The second kappa shape index (κ2) is 11.2. The summed E-state index contributed by atoms with van der Waals surface area (Å²) in [6.07, 6.45) is 6.55. The van der Waals surface area contributed by atoms with E-state index in [0.29, 0.717) is 26.9 Å². The molecule has 3 aromatic rings. The van der Waals surface area contributed by atoms with Crippen molar-refractivity contribution < 1.29 is 13.2 Å². The van der Waals surface area contributed by atoms with Crippen LogP contribution in [0.2, 0.25) is 10.0 Å². The Hall–Kier alpha value is -2.54. The molecule has 0 saturated carbocycles. The monoisotopic (exact) mass is 544 g/mol. The van der Waals surface area contributed by atoms with Crippen LogP contribution in [0.25, 0.3) is 0 Å². The van der Waals surface area contributed by atoms with Gasteiger partial charge in [-0.3, -0.25) is 9.10 Å². The first-order valence-electron chi connectivity index (χ1n) is 12.1. The SMILES string of the molecule is CCC(NC(=O)c1ccc(N(Cc2c(Cl)cccc2Cl)S(C)(=O)=O)cc1)c1ccc2c(c1)CCCC2. The topological polar surface area (TPSA) is 66.5 Å². The summed E-state index contributed by atoms with van der Waals surface area (Å²) in [5, 5.41) is 3.91. The Morgan fingerprint density at radius 3 is 2.22 bits per heavy atom. The molecule has 3 aromatic carbocycles. The number of carbonyl (C=O) groups is 1. The molecule has 0 spiro atoms. The highest BCUT2D eigenvalue weighted by molar-refractivity contribution is 7.92. The van der Waals surface area contributed by atoms with Gasteiger partial charge in [0.1, 0.15) is 0 Å². The number of aryl methyl sites for hydroxylation is 2. The fourth-order valence-electron chi connectivity index (χ4n) is 4.64. The minimum absolute atomic E-state index is 0.0148. The zero-order valence-corrected chi connectivity index (χ0v) is 22.8. The summed E-state index contributed by atoms with van der Waals surface area (Å²) in [5.74, 6) is -0.203. The van der Waals surface area contributed by atoms with Crippen LogP contribution < -0.4 is 9.62 Å². The molecule has 1 aliphatic carbocycles. The molecule has 1 amide bonds. The van der Waals surface area contributed by atoms with Crippen molar-refractivity contribution in [3.05, 3.63) is 98.5 Å². The smallest absolute Gasteiger partial charge is 0.251 e. The molecule has 190 valence electrons. The van der Waals surface area contributed by atoms with Crippen molar-refractivity contribution in [2.24, 2.45) is 0 Å². The van der Waals surface area contributed by atoms with E-state index in [-0.39, 0.29) is 18.5 Å². The number of hydrogen-bond donors (Lipinski definition) is 1. The van der Waals surface area contributed by atoms with Crippen LogP contribution in [0.3, 0.4) is 0 Å². The highest BCUT2D eigenvalue weighted by atomic mass is 35.5. The Morgan fingerprint density at radius 2 is 1.61 bits per heavy atom. The first-order valence-corrected chi connectivity index (χ1v) is 14.7. The summed E-state index contributed by atoms with van der Waals surface area (Å²) in [6.45, 7) is 2.04. The lowest BCUT2D eigenvalue weighted by Gasteiger charge is -2.24. The van der Waals surface area contributed by atoms with Crippen molar-refractivity contribution in [2.75, 3.05) is 10.6 Å². The van der Waals surface area contributed by atoms with E-state index in [1.54, 1.807) is 42.5 Å². The molecule has 5 nitrogen and oxygen atoms in total. The fraction of sp³-hybridized carbons (Fsp3) is 0.321. The van der Waals surface area contributed by atoms with Crippen molar-refractivity contribution in [3.8, 4) is 0 Å². The van der Waals surface area contributed by atoms with Gasteiger partial charge in [0.2, 0.25) is 10.0 Å². The number of sulfonamides is 1. The second-order valence-electron chi connectivity index (χ2n) is 9.19. The number of carbonyl (C=O) groups excluding carboxylic acids is 1. The van der Waals surface area contributed by atoms with Gasteiger partial charge in [-0.1, -0.05) is 54.4 Å². The van der Waals surface area contributed by atoms with Gasteiger partial charge in [0.05, 0.1) is 24.5 Å². The third kappa shape index (κ3) is 6.05. The molecule has 1 N–H and O–H groups in total. The number of halogens is 2. The molecule has 0 heterocycles. The van der Waals surface area contributed by atoms with Crippen LogP contribution in [-0.4, -0.2) is 20.6 Å². The van der Waals surface area contributed by atoms with Crippen LogP contribution in [0.1, 0.15) is 64.8 Å². The van der Waals surface area contributed by atoms with Crippen LogP contribution in [0.5, 0.6) is 0 Å². The number of rotatable bonds is 8. The number of nitrogens with one attached hydrogen (secondary N) is 1. The third-order valence-electron chi connectivity index (χ3n) is 6.67. The quantitative estimate of drug-likeness (QED) is 0.342. The van der Waals surface area contributed by atoms with E-state index in [0.717, 1.165) is 31.1 Å². The predicted octanol–water partition coefficient (Wildman–Crippen LogP) is 6.72. The van der Waals surface area contributed by atoms with E-state index >= 15 is 0 Å². The Labute approximate surface area is 223 Å². The summed E-state index contributed by atoms with van der Waals surface area (Å²) in [6, 6.07) is 18.0. The van der Waals surface area contributed by atoms with Gasteiger partial charge in [0.25, 0.3) is 5.91 Å². The lowest BCUT2D eigenvalue weighted by atomic mass is 9.88. The summed E-state index contributed by atoms with van der Waals surface area (Å²) >= 11 is 12.5. The molecule has 0 aliphatic heterocycles. The first kappa shape index (κ1) is 26.5. The molecule has 0 fully saturated rings. The van der Waals surface area contributed by atoms with Gasteiger partial charge in [-0.05, 0) is 85.2 Å². The number of fused-ring (bicyclic) bond motifs is 1. The molecule has 36 heavy (non-hydrogen) atoms. The number of hydrogen-bond acceptors (Lipinski definition) is 3. The van der Waals surface area contributed by atoms with Gasteiger partial charge in [0, 0.05) is 21.2 Å². The van der Waals surface area contributed by atoms with Crippen LogP contribution in [-0.2, 0) is 29.4 Å². The largest absolute Gasteiger partial charge is 0.345 e. The summed E-state index contributed by atoms with van der Waals surface area (Å²) in [5.41, 5.74) is 5.31. The van der Waals surface area contributed by atoms with Gasteiger partial charge in [-0.2, -0.15) is 0 Å². The van der Waals surface area contributed by atoms with Crippen LogP contribution >= 0.6 is 23.2 Å². The van der Waals surface area contributed by atoms with Gasteiger partial charge in [-0.15, -0.1) is 0 Å². The van der Waals surface area contributed by atoms with Gasteiger partial charge in [-0.25, -0.2) is 8.42 Å². The third-order valence-corrected chi connectivity index (χ3v) is 8.52. The normalized spacial score (nSPS) is 14.1. The Kier molecular flexibility index (Phi) is 8.28. The average Bonchev–Trinajstić information content (AvgIpc) is 2.86. The van der Waals surface area contributed by atoms with Crippen LogP contribution in [0.15, 0.2) is 60.7 Å². The highest BCUT2D eigenvalue weighted by Gasteiger charge is 2.22. The zero-order valence-electron chi connectivity index (χ0n) is 20.4. The second-order valence-corrected chi connectivity index (χ2v) is 11.9. The summed E-state index contributed by atoms with van der Waals surface area (Å²) in [7, 11) is -3.63. The molecular weight excluding hydrogens is 515 g/mol. The standard InChI is InChI=1S/C28H30Cl2N2O3S/c1-3-27(22-12-11-19-7-4-5-8-21(19)17-22)31-28(33)20-13-15-23(16-14-20)32(36(2,34)35)18-24-25(29)9-6-10-26(24)30/h6,9-17,27H,3-5,7-8,18H2,1-2H3,(H,31,33). The Bertz CT molecular complexity index is 1340. The number of anilines is 1. The van der Waals surface area contributed by atoms with Gasteiger partial charge >= 0.3 is 0 Å². The minimum atomic E-state index is -3.63. The molecule has 8 heteroatoms. The van der Waals surface area contributed by atoms with E-state index in [9.17, 15) is 13.2 Å². The summed E-state index contributed by atoms with van der Waals surface area (Å²) in [4.78, 5) is 13.1. The first-order chi connectivity index (χ1) is 17.2. The summed E-state index contributed by atoms with van der Waals surface area (Å²) < 4.78 is 26.4. The maximum atomic E-state index is 13.1. The number of nitrogens with zero attached hydrogens (tertiary/aromatic N) is 1. The lowest BCUT2D eigenvalue weighted by molar-refractivity contribution is 0.0935. The molecule has 0 aromatic heterocycles. The van der Waals surface area contributed by atoms with Crippen molar-refractivity contribution >= 4 is 44.8 Å². The highest BCUT2D eigenvalue weighted by Crippen LogP contribution is 2.30. The maximum Gasteiger partial charge on any atom is 0.251 e. The van der Waals surface area contributed by atoms with E-state index < -0.39 is 10.0 Å². The Balaban J connectivity index is 1.52. The molecule has 1 aliphatic rings. The van der Waals surface area contributed by atoms with Crippen LogP contribution in [0.4, 0.5) is 5.69 Å². The van der Waals surface area contributed by atoms with Crippen molar-refractivity contribution in [2.45, 2.75) is 51.6 Å². The number of benzene rings is 3. The lowest BCUT2D eigenvalue weighted by Crippen LogP contribution is -2.30. The molecule has 1 unspecified atom stereocenters. The molecule has 0 bridgehead atoms. The molecule has 4 rings (SSSR count). The van der Waals surface area contributed by atoms with Crippen LogP contribution in [0, 0.1) is 0 Å². The minimum Gasteiger partial charge on any atom is -0.345 e. The molecule has 0 saturated heterocycles. The molecule has 1 atom stereocenters. The maximum absolute atomic E-state index is 13.1. The van der Waals surface area contributed by atoms with Gasteiger partial charge < -0.3 is 5.32 Å².